The number of benzene rings is 1. The lowest BCUT2D eigenvalue weighted by atomic mass is 9.75. The molecule has 1 aromatic carbocycles. The van der Waals surface area contributed by atoms with Gasteiger partial charge >= 0.3 is 0 Å². The van der Waals surface area contributed by atoms with Gasteiger partial charge in [-0.25, -0.2) is 0 Å². The Morgan fingerprint density at radius 2 is 2.24 bits per heavy atom. The fourth-order valence-corrected chi connectivity index (χ4v) is 3.87. The molecule has 1 aliphatic heterocycles. The number of anilines is 1. The molecular formula is C17H24N2O2. The fraction of sp³-hybridized carbons (Fsp3) is 0.588. The van der Waals surface area contributed by atoms with E-state index >= 15 is 0 Å². The molecule has 1 fully saturated rings. The normalized spacial score (nSPS) is 24.9. The van der Waals surface area contributed by atoms with Crippen molar-refractivity contribution in [2.75, 3.05) is 19.0 Å². The van der Waals surface area contributed by atoms with Crippen molar-refractivity contribution in [1.82, 2.24) is 5.32 Å². The van der Waals surface area contributed by atoms with E-state index in [2.05, 4.69) is 36.6 Å². The minimum atomic E-state index is -0.0816. The quantitative estimate of drug-likeness (QED) is 0.898. The Labute approximate surface area is 126 Å². The average molecular weight is 288 g/mol. The van der Waals surface area contributed by atoms with Gasteiger partial charge < -0.3 is 15.4 Å². The Morgan fingerprint density at radius 1 is 1.43 bits per heavy atom. The second kappa shape index (κ2) is 5.34. The molecule has 3 rings (SSSR count). The highest BCUT2D eigenvalue weighted by Gasteiger charge is 2.39. The van der Waals surface area contributed by atoms with Crippen LogP contribution >= 0.6 is 0 Å². The Hall–Kier alpha value is -1.55. The van der Waals surface area contributed by atoms with Crippen LogP contribution in [0.5, 0.6) is 5.75 Å². The van der Waals surface area contributed by atoms with Crippen LogP contribution in [0.4, 0.5) is 5.69 Å². The van der Waals surface area contributed by atoms with E-state index in [1.807, 2.05) is 13.1 Å². The van der Waals surface area contributed by atoms with Crippen molar-refractivity contribution in [3.8, 4) is 5.75 Å². The van der Waals surface area contributed by atoms with Crippen LogP contribution in [-0.4, -0.2) is 19.6 Å². The summed E-state index contributed by atoms with van der Waals surface area (Å²) in [5.74, 6) is 1.29. The minimum Gasteiger partial charge on any atom is -0.482 e. The van der Waals surface area contributed by atoms with Crippen LogP contribution in [-0.2, 0) is 4.79 Å². The Bertz CT molecular complexity index is 554. The summed E-state index contributed by atoms with van der Waals surface area (Å²) >= 11 is 0. The number of hydrogen-bond acceptors (Lipinski definition) is 3. The maximum Gasteiger partial charge on any atom is 0.262 e. The first-order valence-corrected chi connectivity index (χ1v) is 7.75. The highest BCUT2D eigenvalue weighted by molar-refractivity contribution is 5.95. The van der Waals surface area contributed by atoms with Gasteiger partial charge in [-0.2, -0.15) is 0 Å². The number of hydrogen-bond donors (Lipinski definition) is 2. The molecule has 2 N–H and O–H groups in total. The van der Waals surface area contributed by atoms with Crippen LogP contribution in [0.1, 0.15) is 44.7 Å². The molecule has 4 nitrogen and oxygen atoms in total. The van der Waals surface area contributed by atoms with E-state index in [1.165, 1.54) is 24.8 Å². The third-order valence-corrected chi connectivity index (χ3v) is 5.05. The molecule has 1 saturated carbocycles. The summed E-state index contributed by atoms with van der Waals surface area (Å²) in [6, 6.07) is 6.45. The predicted molar refractivity (Wildman–Crippen MR) is 83.5 cm³/mol. The summed E-state index contributed by atoms with van der Waals surface area (Å²) in [5, 5.41) is 6.38. The number of fused-ring (bicyclic) bond motifs is 1. The molecule has 4 heteroatoms. The molecule has 1 amide bonds. The van der Waals surface area contributed by atoms with Gasteiger partial charge in [-0.05, 0) is 48.9 Å². The molecule has 21 heavy (non-hydrogen) atoms. The lowest BCUT2D eigenvalue weighted by Crippen LogP contribution is -2.32. The highest BCUT2D eigenvalue weighted by atomic mass is 16.5. The monoisotopic (exact) mass is 288 g/mol. The zero-order chi connectivity index (χ0) is 15.0. The van der Waals surface area contributed by atoms with E-state index in [4.69, 9.17) is 4.74 Å². The summed E-state index contributed by atoms with van der Waals surface area (Å²) in [6.45, 7) is 4.83. The maximum absolute atomic E-state index is 11.5. The molecule has 1 heterocycles. The molecular weight excluding hydrogens is 264 g/mol. The van der Waals surface area contributed by atoms with Gasteiger partial charge in [-0.1, -0.05) is 26.3 Å². The van der Waals surface area contributed by atoms with Gasteiger partial charge in [0, 0.05) is 6.04 Å². The molecule has 1 aromatic rings. The van der Waals surface area contributed by atoms with Crippen LogP contribution in [0.2, 0.25) is 0 Å². The van der Waals surface area contributed by atoms with Crippen molar-refractivity contribution < 1.29 is 9.53 Å². The Balaban J connectivity index is 1.91. The number of carbonyl (C=O) groups excluding carboxylic acids is 1. The summed E-state index contributed by atoms with van der Waals surface area (Å²) in [5.41, 5.74) is 2.37. The van der Waals surface area contributed by atoms with Crippen LogP contribution in [0.25, 0.3) is 0 Å². The topological polar surface area (TPSA) is 50.4 Å². The third-order valence-electron chi connectivity index (χ3n) is 5.05. The first-order valence-electron chi connectivity index (χ1n) is 7.75. The SMILES string of the molecule is CNC(c1ccc2c(c1)NC(=O)CO2)C1CCCC1(C)C. The van der Waals surface area contributed by atoms with Crippen LogP contribution in [0.3, 0.4) is 0 Å². The number of nitrogens with one attached hydrogen (secondary N) is 2. The van der Waals surface area contributed by atoms with Gasteiger partial charge in [-0.3, -0.25) is 4.79 Å². The van der Waals surface area contributed by atoms with Crippen molar-refractivity contribution in [1.29, 1.82) is 0 Å². The molecule has 2 unspecified atom stereocenters. The van der Waals surface area contributed by atoms with Gasteiger partial charge in [0.2, 0.25) is 0 Å². The van der Waals surface area contributed by atoms with E-state index in [9.17, 15) is 4.79 Å². The number of rotatable bonds is 3. The summed E-state index contributed by atoms with van der Waals surface area (Å²) in [7, 11) is 2.02. The van der Waals surface area contributed by atoms with Gasteiger partial charge in [0.15, 0.2) is 6.61 Å². The van der Waals surface area contributed by atoms with E-state index < -0.39 is 0 Å². The largest absolute Gasteiger partial charge is 0.482 e. The van der Waals surface area contributed by atoms with E-state index in [-0.39, 0.29) is 12.5 Å². The van der Waals surface area contributed by atoms with Crippen molar-refractivity contribution in [2.24, 2.45) is 11.3 Å². The molecule has 114 valence electrons. The molecule has 1 aliphatic carbocycles. The van der Waals surface area contributed by atoms with Gasteiger partial charge in [0.1, 0.15) is 5.75 Å². The van der Waals surface area contributed by atoms with Crippen molar-refractivity contribution in [3.05, 3.63) is 23.8 Å². The Morgan fingerprint density at radius 3 is 2.90 bits per heavy atom. The van der Waals surface area contributed by atoms with Gasteiger partial charge in [-0.15, -0.1) is 0 Å². The second-order valence-electron chi connectivity index (χ2n) is 6.85. The number of carbonyl (C=O) groups is 1. The zero-order valence-electron chi connectivity index (χ0n) is 13.0. The first kappa shape index (κ1) is 14.4. The molecule has 0 radical (unpaired) electrons. The minimum absolute atomic E-state index is 0.0816. The molecule has 2 aliphatic rings. The Kier molecular flexibility index (Phi) is 3.66. The lowest BCUT2D eigenvalue weighted by molar-refractivity contribution is -0.118. The third kappa shape index (κ3) is 2.64. The second-order valence-corrected chi connectivity index (χ2v) is 6.85. The number of amides is 1. The van der Waals surface area contributed by atoms with Crippen LogP contribution in [0.15, 0.2) is 18.2 Å². The predicted octanol–water partition coefficient (Wildman–Crippen LogP) is 3.10. The van der Waals surface area contributed by atoms with Crippen molar-refractivity contribution in [3.63, 3.8) is 0 Å². The molecule has 0 saturated heterocycles. The summed E-state index contributed by atoms with van der Waals surface area (Å²) < 4.78 is 5.44. The molecule has 0 aromatic heterocycles. The van der Waals surface area contributed by atoms with E-state index in [0.29, 0.717) is 17.4 Å². The smallest absolute Gasteiger partial charge is 0.262 e. The maximum atomic E-state index is 11.5. The fourth-order valence-electron chi connectivity index (χ4n) is 3.87. The van der Waals surface area contributed by atoms with Gasteiger partial charge in [0.05, 0.1) is 5.69 Å². The van der Waals surface area contributed by atoms with E-state index in [0.717, 1.165) is 11.4 Å². The van der Waals surface area contributed by atoms with Crippen LogP contribution in [0, 0.1) is 11.3 Å². The molecule has 0 bridgehead atoms. The number of ether oxygens (including phenoxy) is 1. The highest BCUT2D eigenvalue weighted by Crippen LogP contribution is 2.49. The average Bonchev–Trinajstić information content (AvgIpc) is 2.79. The summed E-state index contributed by atoms with van der Waals surface area (Å²) in [6.07, 6.45) is 3.82. The lowest BCUT2D eigenvalue weighted by Gasteiger charge is -2.35. The van der Waals surface area contributed by atoms with E-state index in [1.54, 1.807) is 0 Å². The summed E-state index contributed by atoms with van der Waals surface area (Å²) in [4.78, 5) is 11.5. The first-order chi connectivity index (χ1) is 10.0. The van der Waals surface area contributed by atoms with Crippen molar-refractivity contribution in [2.45, 2.75) is 39.2 Å². The van der Waals surface area contributed by atoms with Gasteiger partial charge in [0.25, 0.3) is 5.91 Å². The molecule has 2 atom stereocenters. The van der Waals surface area contributed by atoms with Crippen molar-refractivity contribution >= 4 is 11.6 Å². The standard InChI is InChI=1S/C17H24N2O2/c1-17(2)8-4-5-12(17)16(18-3)11-6-7-14-13(9-11)19-15(20)10-21-14/h6-7,9,12,16,18H,4-5,8,10H2,1-3H3,(H,19,20). The molecule has 0 spiro atoms. The van der Waals surface area contributed by atoms with Crippen LogP contribution < -0.4 is 15.4 Å². The zero-order valence-corrected chi connectivity index (χ0v) is 13.0.